The zero-order valence-corrected chi connectivity index (χ0v) is 37.7. The number of nitrogens with zero attached hydrogens (tertiary/aromatic N) is 2. The highest BCUT2D eigenvalue weighted by Crippen LogP contribution is 2.40. The fraction of sp³-hybridized carbons (Fsp3) is 0.0156. The summed E-state index contributed by atoms with van der Waals surface area (Å²) < 4.78 is 5.54. The van der Waals surface area contributed by atoms with E-state index in [1.807, 2.05) is 42.5 Å². The Morgan fingerprint density at radius 3 is 0.706 bits per heavy atom. The summed E-state index contributed by atoms with van der Waals surface area (Å²) in [6, 6.07) is 91.4. The first-order valence-electron chi connectivity index (χ1n) is 22.8. The SMILES string of the molecule is C=C(C)C(=O)Oc1ccc(N(c2ccc(-c3ccc(-c4ccccc4)cc3)cc2)c2ccc(-c3ccc(N(c4ccc(-c5ccccc5)cc4)c4ccc(-c5ccccc5)cc4)cc3)cc2)cc1. The largest absolute Gasteiger partial charge is 0.423 e. The number of carbonyl (C=O) groups excluding carboxylic acids is 1. The van der Waals surface area contributed by atoms with E-state index in [1.54, 1.807) is 6.92 Å². The Morgan fingerprint density at radius 1 is 0.294 bits per heavy atom. The standard InChI is InChI=1S/C64H48N2O2/c1-46(2)64(67)68-63-44-42-62(43-45-63)66(60-36-26-54(27-37-60)51-20-18-50(19-21-51)47-12-6-3-7-13-47)61-40-30-56(31-41-61)55-28-38-59(39-29-55)65(57-32-22-52(23-33-57)48-14-8-4-9-15-48)58-34-24-53(25-35-58)49-16-10-5-11-17-49/h3-45H,1H2,2H3. The van der Waals surface area contributed by atoms with Crippen LogP contribution in [0.5, 0.6) is 5.75 Å². The first kappa shape index (κ1) is 42.9. The van der Waals surface area contributed by atoms with Crippen LogP contribution in [-0.2, 0) is 4.79 Å². The van der Waals surface area contributed by atoms with Crippen molar-refractivity contribution >= 4 is 40.1 Å². The van der Waals surface area contributed by atoms with Gasteiger partial charge in [0.1, 0.15) is 5.75 Å². The Kier molecular flexibility index (Phi) is 12.4. The molecule has 0 heterocycles. The van der Waals surface area contributed by atoms with Crippen molar-refractivity contribution in [2.75, 3.05) is 9.80 Å². The van der Waals surface area contributed by atoms with Crippen LogP contribution in [0.25, 0.3) is 55.6 Å². The molecule has 0 amide bonds. The van der Waals surface area contributed by atoms with E-state index in [4.69, 9.17) is 4.74 Å². The summed E-state index contributed by atoms with van der Waals surface area (Å²) in [5.41, 5.74) is 18.0. The van der Waals surface area contributed by atoms with Crippen molar-refractivity contribution in [1.29, 1.82) is 0 Å². The van der Waals surface area contributed by atoms with Gasteiger partial charge in [-0.25, -0.2) is 4.79 Å². The predicted molar refractivity (Wildman–Crippen MR) is 283 cm³/mol. The molecule has 10 rings (SSSR count). The van der Waals surface area contributed by atoms with Crippen LogP contribution in [0.15, 0.2) is 273 Å². The fourth-order valence-electron chi connectivity index (χ4n) is 8.51. The van der Waals surface area contributed by atoms with Gasteiger partial charge in [-0.2, -0.15) is 0 Å². The Labute approximate surface area is 399 Å². The van der Waals surface area contributed by atoms with E-state index in [0.29, 0.717) is 11.3 Å². The number of ether oxygens (including phenoxy) is 1. The topological polar surface area (TPSA) is 32.8 Å². The zero-order valence-electron chi connectivity index (χ0n) is 37.7. The van der Waals surface area contributed by atoms with Crippen molar-refractivity contribution in [3.63, 3.8) is 0 Å². The maximum Gasteiger partial charge on any atom is 0.338 e. The molecule has 0 radical (unpaired) electrons. The molecular weight excluding hydrogens is 829 g/mol. The predicted octanol–water partition coefficient (Wildman–Crippen LogP) is 17.4. The van der Waals surface area contributed by atoms with Crippen LogP contribution in [0.4, 0.5) is 34.1 Å². The van der Waals surface area contributed by atoms with Gasteiger partial charge in [0.2, 0.25) is 0 Å². The van der Waals surface area contributed by atoms with Gasteiger partial charge in [0.05, 0.1) is 0 Å². The van der Waals surface area contributed by atoms with Crippen LogP contribution in [0.1, 0.15) is 6.92 Å². The Hall–Kier alpha value is -8.99. The molecule has 0 N–H and O–H groups in total. The van der Waals surface area contributed by atoms with Crippen molar-refractivity contribution in [1.82, 2.24) is 0 Å². The minimum atomic E-state index is -0.451. The molecule has 0 unspecified atom stereocenters. The minimum absolute atomic E-state index is 0.347. The first-order chi connectivity index (χ1) is 33.4. The summed E-state index contributed by atoms with van der Waals surface area (Å²) in [6.45, 7) is 5.37. The maximum absolute atomic E-state index is 12.3. The lowest BCUT2D eigenvalue weighted by molar-refractivity contribution is -0.130. The number of rotatable bonds is 13. The average molecular weight is 877 g/mol. The summed E-state index contributed by atoms with van der Waals surface area (Å²) in [4.78, 5) is 16.8. The number of hydrogen-bond donors (Lipinski definition) is 0. The fourth-order valence-corrected chi connectivity index (χ4v) is 8.51. The normalized spacial score (nSPS) is 10.8. The molecule has 0 fully saturated rings. The highest BCUT2D eigenvalue weighted by molar-refractivity contribution is 5.89. The van der Waals surface area contributed by atoms with E-state index < -0.39 is 5.97 Å². The molecule has 0 atom stereocenters. The van der Waals surface area contributed by atoms with Gasteiger partial charge in [-0.1, -0.05) is 183 Å². The lowest BCUT2D eigenvalue weighted by atomic mass is 10.00. The number of anilines is 6. The molecule has 0 spiro atoms. The van der Waals surface area contributed by atoms with E-state index >= 15 is 0 Å². The van der Waals surface area contributed by atoms with Gasteiger partial charge in [0.25, 0.3) is 0 Å². The van der Waals surface area contributed by atoms with Gasteiger partial charge in [-0.15, -0.1) is 0 Å². The quantitative estimate of drug-likeness (QED) is 0.0656. The van der Waals surface area contributed by atoms with Crippen LogP contribution in [-0.4, -0.2) is 5.97 Å². The molecule has 10 aromatic carbocycles. The van der Waals surface area contributed by atoms with E-state index in [1.165, 1.54) is 33.4 Å². The third kappa shape index (κ3) is 9.53. The van der Waals surface area contributed by atoms with Gasteiger partial charge in [-0.3, -0.25) is 0 Å². The Bertz CT molecular complexity index is 3180. The molecule has 0 saturated heterocycles. The van der Waals surface area contributed by atoms with Crippen molar-refractivity contribution in [2.24, 2.45) is 0 Å². The molecule has 0 bridgehead atoms. The smallest absolute Gasteiger partial charge is 0.338 e. The van der Waals surface area contributed by atoms with Crippen LogP contribution < -0.4 is 14.5 Å². The Morgan fingerprint density at radius 2 is 0.485 bits per heavy atom. The third-order valence-electron chi connectivity index (χ3n) is 12.2. The summed E-state index contributed by atoms with van der Waals surface area (Å²) in [7, 11) is 0. The van der Waals surface area contributed by atoms with Gasteiger partial charge < -0.3 is 14.5 Å². The third-order valence-corrected chi connectivity index (χ3v) is 12.2. The molecule has 10 aromatic rings. The van der Waals surface area contributed by atoms with E-state index in [2.05, 4.69) is 235 Å². The molecule has 4 nitrogen and oxygen atoms in total. The second kappa shape index (κ2) is 19.6. The van der Waals surface area contributed by atoms with E-state index in [0.717, 1.165) is 56.4 Å². The molecule has 326 valence electrons. The summed E-state index contributed by atoms with van der Waals surface area (Å²) in [5.74, 6) is 0.00932. The Balaban J connectivity index is 0.941. The van der Waals surface area contributed by atoms with Crippen LogP contribution in [0.3, 0.4) is 0 Å². The number of benzene rings is 10. The highest BCUT2D eigenvalue weighted by Gasteiger charge is 2.17. The molecule has 0 aliphatic rings. The molecule has 0 aliphatic heterocycles. The minimum Gasteiger partial charge on any atom is -0.423 e. The van der Waals surface area contributed by atoms with Crippen molar-refractivity contribution in [3.8, 4) is 61.4 Å². The number of carbonyl (C=O) groups is 1. The highest BCUT2D eigenvalue weighted by atomic mass is 16.5. The van der Waals surface area contributed by atoms with E-state index in [9.17, 15) is 4.79 Å². The second-order valence-corrected chi connectivity index (χ2v) is 16.7. The van der Waals surface area contributed by atoms with Crippen LogP contribution in [0, 0.1) is 0 Å². The van der Waals surface area contributed by atoms with E-state index in [-0.39, 0.29) is 0 Å². The second-order valence-electron chi connectivity index (χ2n) is 16.7. The number of hydrogen-bond acceptors (Lipinski definition) is 4. The molecular formula is C64H48N2O2. The van der Waals surface area contributed by atoms with Crippen molar-refractivity contribution < 1.29 is 9.53 Å². The zero-order chi connectivity index (χ0) is 46.2. The molecule has 0 aliphatic carbocycles. The lowest BCUT2D eigenvalue weighted by Crippen LogP contribution is -2.11. The van der Waals surface area contributed by atoms with Crippen molar-refractivity contribution in [3.05, 3.63) is 273 Å². The van der Waals surface area contributed by atoms with Gasteiger partial charge >= 0.3 is 5.97 Å². The van der Waals surface area contributed by atoms with Gasteiger partial charge in [0, 0.05) is 39.7 Å². The summed E-state index contributed by atoms with van der Waals surface area (Å²) in [6.07, 6.45) is 0. The first-order valence-corrected chi connectivity index (χ1v) is 22.8. The summed E-state index contributed by atoms with van der Waals surface area (Å²) in [5, 5.41) is 0. The number of esters is 1. The summed E-state index contributed by atoms with van der Waals surface area (Å²) >= 11 is 0. The van der Waals surface area contributed by atoms with Gasteiger partial charge in [-0.05, 0) is 147 Å². The van der Waals surface area contributed by atoms with Crippen LogP contribution in [0.2, 0.25) is 0 Å². The van der Waals surface area contributed by atoms with Crippen molar-refractivity contribution in [2.45, 2.75) is 6.92 Å². The maximum atomic E-state index is 12.3. The van der Waals surface area contributed by atoms with Crippen LogP contribution >= 0.6 is 0 Å². The molecule has 0 aromatic heterocycles. The molecule has 68 heavy (non-hydrogen) atoms. The molecule has 0 saturated carbocycles. The average Bonchev–Trinajstić information content (AvgIpc) is 3.41. The van der Waals surface area contributed by atoms with Gasteiger partial charge in [0.15, 0.2) is 0 Å². The monoisotopic (exact) mass is 876 g/mol. The molecule has 4 heteroatoms. The lowest BCUT2D eigenvalue weighted by Gasteiger charge is -2.27.